The molecule has 2 aliphatic rings. The number of para-hydroxylation sites is 3. The molecule has 7 aromatic carbocycles. The average Bonchev–Trinajstić information content (AvgIpc) is 3.41. The van der Waals surface area contributed by atoms with E-state index in [4.69, 9.17) is 4.74 Å². The van der Waals surface area contributed by atoms with Crippen molar-refractivity contribution in [3.63, 3.8) is 0 Å². The maximum Gasteiger partial charge on any atom is 0.132 e. The summed E-state index contributed by atoms with van der Waals surface area (Å²) < 4.78 is 7.63. The van der Waals surface area contributed by atoms with Crippen LogP contribution in [0.2, 0.25) is 0 Å². The van der Waals surface area contributed by atoms with Gasteiger partial charge >= 0.3 is 0 Å². The van der Waals surface area contributed by atoms with E-state index in [0.29, 0.717) is 0 Å². The SMILES string of the molecule is Brc1ccc(-c2ccc(N(c3ccccc3)c3cccc4c3-c3ccccc3C43c4ccccc4Oc4ccccc43)cc2)cc1. The number of anilines is 3. The highest BCUT2D eigenvalue weighted by Crippen LogP contribution is 2.64. The lowest BCUT2D eigenvalue weighted by Crippen LogP contribution is -2.32. The van der Waals surface area contributed by atoms with Gasteiger partial charge in [-0.1, -0.05) is 131 Å². The number of halogens is 1. The van der Waals surface area contributed by atoms with Gasteiger partial charge < -0.3 is 9.64 Å². The van der Waals surface area contributed by atoms with Gasteiger partial charge in [0, 0.05) is 32.5 Å². The van der Waals surface area contributed by atoms with Gasteiger partial charge in [-0.2, -0.15) is 0 Å². The van der Waals surface area contributed by atoms with Crippen LogP contribution in [0.25, 0.3) is 22.3 Å². The summed E-state index contributed by atoms with van der Waals surface area (Å²) in [7, 11) is 0. The molecule has 0 aromatic heterocycles. The van der Waals surface area contributed by atoms with E-state index in [9.17, 15) is 0 Å². The lowest BCUT2D eigenvalue weighted by atomic mass is 9.66. The summed E-state index contributed by atoms with van der Waals surface area (Å²) in [6, 6.07) is 60.9. The van der Waals surface area contributed by atoms with Crippen LogP contribution in [0.3, 0.4) is 0 Å². The molecule has 1 aliphatic carbocycles. The molecule has 1 aliphatic heterocycles. The number of ether oxygens (including phenoxy) is 1. The lowest BCUT2D eigenvalue weighted by molar-refractivity contribution is 0.436. The second-order valence-electron chi connectivity index (χ2n) is 11.8. The van der Waals surface area contributed by atoms with E-state index in [1.54, 1.807) is 0 Å². The highest BCUT2D eigenvalue weighted by Gasteiger charge is 2.51. The largest absolute Gasteiger partial charge is 0.457 e. The van der Waals surface area contributed by atoms with Crippen molar-refractivity contribution in [1.82, 2.24) is 0 Å². The summed E-state index contributed by atoms with van der Waals surface area (Å²) in [5.41, 5.74) is 12.6. The Hall–Kier alpha value is -5.38. The molecule has 0 amide bonds. The third kappa shape index (κ3) is 3.95. The average molecular weight is 655 g/mol. The van der Waals surface area contributed by atoms with Crippen LogP contribution < -0.4 is 9.64 Å². The zero-order chi connectivity index (χ0) is 30.7. The minimum absolute atomic E-state index is 0.513. The molecule has 1 spiro atoms. The topological polar surface area (TPSA) is 12.5 Å². The number of nitrogens with zero attached hydrogens (tertiary/aromatic N) is 1. The van der Waals surface area contributed by atoms with Crippen molar-refractivity contribution in [1.29, 1.82) is 0 Å². The summed E-state index contributed by atoms with van der Waals surface area (Å²) >= 11 is 3.57. The van der Waals surface area contributed by atoms with Crippen molar-refractivity contribution in [2.45, 2.75) is 5.41 Å². The quantitative estimate of drug-likeness (QED) is 0.187. The van der Waals surface area contributed by atoms with Gasteiger partial charge in [0.15, 0.2) is 0 Å². The van der Waals surface area contributed by atoms with Gasteiger partial charge in [0.05, 0.1) is 11.1 Å². The molecule has 0 fully saturated rings. The Morgan fingerprint density at radius 1 is 0.435 bits per heavy atom. The van der Waals surface area contributed by atoms with Crippen LogP contribution in [0.1, 0.15) is 22.3 Å². The first-order chi connectivity index (χ1) is 22.7. The maximum absolute atomic E-state index is 6.55. The molecule has 0 bridgehead atoms. The number of benzene rings is 7. The summed E-state index contributed by atoms with van der Waals surface area (Å²) in [5, 5.41) is 0. The van der Waals surface area contributed by atoms with Crippen molar-refractivity contribution in [3.8, 4) is 33.8 Å². The predicted octanol–water partition coefficient (Wildman–Crippen LogP) is 12.1. The highest BCUT2D eigenvalue weighted by molar-refractivity contribution is 9.10. The minimum Gasteiger partial charge on any atom is -0.457 e. The Bertz CT molecular complexity index is 2190. The van der Waals surface area contributed by atoms with Crippen molar-refractivity contribution < 1.29 is 4.74 Å². The van der Waals surface area contributed by atoms with E-state index in [-0.39, 0.29) is 0 Å². The van der Waals surface area contributed by atoms with Gasteiger partial charge in [0.25, 0.3) is 0 Å². The van der Waals surface area contributed by atoms with Gasteiger partial charge in [-0.05, 0) is 82.4 Å². The van der Waals surface area contributed by atoms with E-state index in [1.807, 2.05) is 0 Å². The van der Waals surface area contributed by atoms with Crippen LogP contribution in [0.4, 0.5) is 17.1 Å². The molecule has 7 aromatic rings. The molecule has 0 saturated carbocycles. The molecule has 0 saturated heterocycles. The standard InChI is InChI=1S/C43H28BrNO/c44-31-25-21-29(22-26-31)30-23-27-33(28-24-30)45(32-11-2-1-3-12-32)39-18-10-17-38-42(39)34-13-4-5-14-35(34)43(38)36-15-6-8-19-40(36)46-41-20-9-7-16-37(41)43/h1-28H. The Balaban J connectivity index is 1.31. The van der Waals surface area contributed by atoms with E-state index in [1.165, 1.54) is 44.5 Å². The fourth-order valence-corrected chi connectivity index (χ4v) is 7.78. The van der Waals surface area contributed by atoms with Crippen LogP contribution >= 0.6 is 15.9 Å². The number of hydrogen-bond acceptors (Lipinski definition) is 2. The van der Waals surface area contributed by atoms with E-state index < -0.39 is 5.41 Å². The number of fused-ring (bicyclic) bond motifs is 9. The predicted molar refractivity (Wildman–Crippen MR) is 192 cm³/mol. The van der Waals surface area contributed by atoms with Crippen molar-refractivity contribution in [2.75, 3.05) is 4.90 Å². The van der Waals surface area contributed by atoms with E-state index in [2.05, 4.69) is 191 Å². The molecule has 0 N–H and O–H groups in total. The van der Waals surface area contributed by atoms with Crippen LogP contribution in [-0.2, 0) is 5.41 Å². The first-order valence-corrected chi connectivity index (χ1v) is 16.3. The highest BCUT2D eigenvalue weighted by atomic mass is 79.9. The molecule has 1 heterocycles. The molecule has 0 atom stereocenters. The first-order valence-electron chi connectivity index (χ1n) is 15.5. The molecule has 3 heteroatoms. The second-order valence-corrected chi connectivity index (χ2v) is 12.7. The van der Waals surface area contributed by atoms with Crippen LogP contribution in [0, 0.1) is 0 Å². The molecule has 0 unspecified atom stereocenters. The Kier molecular flexibility index (Phi) is 6.22. The fourth-order valence-electron chi connectivity index (χ4n) is 7.52. The molecule has 2 nitrogen and oxygen atoms in total. The van der Waals surface area contributed by atoms with Crippen molar-refractivity contribution >= 4 is 33.0 Å². The number of rotatable bonds is 4. The molecule has 218 valence electrons. The second kappa shape index (κ2) is 10.6. The summed E-state index contributed by atoms with van der Waals surface area (Å²) in [6.45, 7) is 0. The normalized spacial score (nSPS) is 13.2. The summed E-state index contributed by atoms with van der Waals surface area (Å²) in [5.74, 6) is 1.80. The molecular formula is C43H28BrNO. The van der Waals surface area contributed by atoms with Gasteiger partial charge in [0.1, 0.15) is 11.5 Å². The molecule has 9 rings (SSSR count). The van der Waals surface area contributed by atoms with Crippen molar-refractivity contribution in [3.05, 3.63) is 197 Å². The third-order valence-corrected chi connectivity index (χ3v) is 9.94. The van der Waals surface area contributed by atoms with Crippen molar-refractivity contribution in [2.24, 2.45) is 0 Å². The Morgan fingerprint density at radius 2 is 0.957 bits per heavy atom. The van der Waals surface area contributed by atoms with Gasteiger partial charge in [-0.25, -0.2) is 0 Å². The van der Waals surface area contributed by atoms with E-state index >= 15 is 0 Å². The summed E-state index contributed by atoms with van der Waals surface area (Å²) in [4.78, 5) is 2.40. The molecule has 46 heavy (non-hydrogen) atoms. The summed E-state index contributed by atoms with van der Waals surface area (Å²) in [6.07, 6.45) is 0. The zero-order valence-corrected chi connectivity index (χ0v) is 26.5. The van der Waals surface area contributed by atoms with Crippen LogP contribution in [0.15, 0.2) is 174 Å². The molecular weight excluding hydrogens is 626 g/mol. The van der Waals surface area contributed by atoms with Crippen LogP contribution in [-0.4, -0.2) is 0 Å². The maximum atomic E-state index is 6.55. The number of hydrogen-bond donors (Lipinski definition) is 0. The smallest absolute Gasteiger partial charge is 0.132 e. The lowest BCUT2D eigenvalue weighted by Gasteiger charge is -2.39. The Labute approximate surface area is 277 Å². The first kappa shape index (κ1) is 27.0. The molecule has 0 radical (unpaired) electrons. The monoisotopic (exact) mass is 653 g/mol. The van der Waals surface area contributed by atoms with E-state index in [0.717, 1.165) is 33.0 Å². The van der Waals surface area contributed by atoms with Gasteiger partial charge in [-0.15, -0.1) is 0 Å². The zero-order valence-electron chi connectivity index (χ0n) is 24.9. The fraction of sp³-hybridized carbons (Fsp3) is 0.0233. The van der Waals surface area contributed by atoms with Gasteiger partial charge in [0.2, 0.25) is 0 Å². The third-order valence-electron chi connectivity index (χ3n) is 9.41. The van der Waals surface area contributed by atoms with Crippen LogP contribution in [0.5, 0.6) is 11.5 Å². The Morgan fingerprint density at radius 3 is 1.63 bits per heavy atom. The van der Waals surface area contributed by atoms with Gasteiger partial charge in [-0.3, -0.25) is 0 Å². The minimum atomic E-state index is -0.513.